The minimum Gasteiger partial charge on any atom is -0.494 e. The summed E-state index contributed by atoms with van der Waals surface area (Å²) in [7, 11) is 0. The Morgan fingerprint density at radius 2 is 1.93 bits per heavy atom. The third kappa shape index (κ3) is 4.41. The Morgan fingerprint density at radius 1 is 1.00 bits per heavy atom. The monoisotopic (exact) mass is 382 g/mol. The van der Waals surface area contributed by atoms with Crippen molar-refractivity contribution in [3.63, 3.8) is 0 Å². The Balaban J connectivity index is 1.07. The molecule has 2 bridgehead atoms. The largest absolute Gasteiger partial charge is 0.494 e. The van der Waals surface area contributed by atoms with E-state index in [-0.39, 0.29) is 0 Å². The number of nitrogens with zero attached hydrogens (tertiary/aromatic N) is 2. The fourth-order valence-corrected chi connectivity index (χ4v) is 6.36. The molecule has 3 atom stereocenters. The molecule has 3 unspecified atom stereocenters. The van der Waals surface area contributed by atoms with Crippen molar-refractivity contribution in [2.75, 3.05) is 39.3 Å². The highest BCUT2D eigenvalue weighted by Gasteiger charge is 2.34. The lowest BCUT2D eigenvalue weighted by Crippen LogP contribution is -2.30. The number of hydrogen-bond donors (Lipinski definition) is 0. The van der Waals surface area contributed by atoms with E-state index >= 15 is 0 Å². The molecule has 1 saturated carbocycles. The molecule has 154 valence electrons. The first-order valence-corrected chi connectivity index (χ1v) is 12.0. The predicted molar refractivity (Wildman–Crippen MR) is 115 cm³/mol. The van der Waals surface area contributed by atoms with E-state index in [0.29, 0.717) is 0 Å². The molecule has 28 heavy (non-hydrogen) atoms. The SMILES string of the molecule is c1cc2c(cc1OCCCN1CC3CCCC1C3)CCC(CN1CCCC1)C2. The van der Waals surface area contributed by atoms with Gasteiger partial charge < -0.3 is 9.64 Å². The van der Waals surface area contributed by atoms with E-state index in [9.17, 15) is 0 Å². The normalized spacial score (nSPS) is 30.5. The van der Waals surface area contributed by atoms with Crippen molar-refractivity contribution in [3.05, 3.63) is 29.3 Å². The quantitative estimate of drug-likeness (QED) is 0.644. The molecule has 0 spiro atoms. The lowest BCUT2D eigenvalue weighted by molar-refractivity contribution is 0.216. The Hall–Kier alpha value is -1.06. The first-order chi connectivity index (χ1) is 13.8. The molecule has 3 heteroatoms. The van der Waals surface area contributed by atoms with Crippen molar-refractivity contribution >= 4 is 0 Å². The summed E-state index contributed by atoms with van der Waals surface area (Å²) >= 11 is 0. The van der Waals surface area contributed by atoms with Gasteiger partial charge in [0.05, 0.1) is 6.61 Å². The summed E-state index contributed by atoms with van der Waals surface area (Å²) < 4.78 is 6.14. The molecule has 0 aromatic heterocycles. The predicted octanol–water partition coefficient (Wildman–Crippen LogP) is 4.53. The van der Waals surface area contributed by atoms with Crippen molar-refractivity contribution in [1.82, 2.24) is 9.80 Å². The van der Waals surface area contributed by atoms with Gasteiger partial charge in [-0.05, 0) is 106 Å². The van der Waals surface area contributed by atoms with E-state index in [1.54, 1.807) is 11.1 Å². The third-order valence-corrected chi connectivity index (χ3v) is 7.85. The molecule has 0 amide bonds. The average molecular weight is 383 g/mol. The van der Waals surface area contributed by atoms with Gasteiger partial charge in [0.15, 0.2) is 0 Å². The number of likely N-dealkylation sites (tertiary alicyclic amines) is 2. The summed E-state index contributed by atoms with van der Waals surface area (Å²) in [6, 6.07) is 7.80. The number of fused-ring (bicyclic) bond motifs is 3. The highest BCUT2D eigenvalue weighted by atomic mass is 16.5. The topological polar surface area (TPSA) is 15.7 Å². The van der Waals surface area contributed by atoms with Gasteiger partial charge in [0, 0.05) is 25.7 Å². The van der Waals surface area contributed by atoms with Crippen LogP contribution in [0.3, 0.4) is 0 Å². The second-order valence-electron chi connectivity index (χ2n) is 9.93. The first-order valence-electron chi connectivity index (χ1n) is 12.0. The van der Waals surface area contributed by atoms with Crippen LogP contribution in [0, 0.1) is 11.8 Å². The molecule has 2 heterocycles. The summed E-state index contributed by atoms with van der Waals surface area (Å²) in [5.74, 6) is 2.95. The van der Waals surface area contributed by atoms with Gasteiger partial charge in [-0.25, -0.2) is 0 Å². The summed E-state index contributed by atoms with van der Waals surface area (Å²) in [4.78, 5) is 5.43. The molecule has 3 nitrogen and oxygen atoms in total. The van der Waals surface area contributed by atoms with Crippen molar-refractivity contribution in [2.24, 2.45) is 11.8 Å². The molecule has 2 saturated heterocycles. The second-order valence-corrected chi connectivity index (χ2v) is 9.93. The molecule has 0 N–H and O–H groups in total. The molecular weight excluding hydrogens is 344 g/mol. The van der Waals surface area contributed by atoms with Crippen LogP contribution in [0.2, 0.25) is 0 Å². The zero-order valence-electron chi connectivity index (χ0n) is 17.6. The molecule has 1 aromatic carbocycles. The van der Waals surface area contributed by atoms with Crippen molar-refractivity contribution in [1.29, 1.82) is 0 Å². The molecule has 2 aliphatic heterocycles. The van der Waals surface area contributed by atoms with Gasteiger partial charge in [0.2, 0.25) is 0 Å². The van der Waals surface area contributed by atoms with Gasteiger partial charge in [-0.3, -0.25) is 4.90 Å². The minimum atomic E-state index is 0.859. The maximum Gasteiger partial charge on any atom is 0.119 e. The lowest BCUT2D eigenvalue weighted by Gasteiger charge is -2.28. The Kier molecular flexibility index (Phi) is 5.92. The minimum absolute atomic E-state index is 0.859. The van der Waals surface area contributed by atoms with Gasteiger partial charge in [-0.1, -0.05) is 12.5 Å². The van der Waals surface area contributed by atoms with E-state index in [4.69, 9.17) is 4.74 Å². The van der Waals surface area contributed by atoms with Crippen LogP contribution in [0.5, 0.6) is 5.75 Å². The first kappa shape index (κ1) is 18.9. The number of benzene rings is 1. The fourth-order valence-electron chi connectivity index (χ4n) is 6.36. The molecule has 3 fully saturated rings. The van der Waals surface area contributed by atoms with E-state index in [1.165, 1.54) is 90.5 Å². The summed E-state index contributed by atoms with van der Waals surface area (Å²) in [5, 5.41) is 0. The number of hydrogen-bond acceptors (Lipinski definition) is 3. The zero-order chi connectivity index (χ0) is 18.8. The smallest absolute Gasteiger partial charge is 0.119 e. The van der Waals surface area contributed by atoms with Crippen LogP contribution >= 0.6 is 0 Å². The number of ether oxygens (including phenoxy) is 1. The number of aryl methyl sites for hydroxylation is 1. The van der Waals surface area contributed by atoms with Crippen molar-refractivity contribution < 1.29 is 4.74 Å². The molecule has 2 aliphatic carbocycles. The van der Waals surface area contributed by atoms with Gasteiger partial charge in [-0.15, -0.1) is 0 Å². The van der Waals surface area contributed by atoms with Crippen LogP contribution in [0.25, 0.3) is 0 Å². The Bertz CT molecular complexity index is 654. The maximum absolute atomic E-state index is 6.14. The molecule has 1 aromatic rings. The standard InChI is InChI=1S/C25H38N2O/c1-2-12-26(11-1)18-21-7-8-23-17-25(10-9-22(23)15-21)28-14-4-13-27-19-20-5-3-6-24(27)16-20/h9-10,17,20-21,24H,1-8,11-16,18-19H2. The van der Waals surface area contributed by atoms with Gasteiger partial charge in [0.25, 0.3) is 0 Å². The van der Waals surface area contributed by atoms with Gasteiger partial charge in [0.1, 0.15) is 5.75 Å². The lowest BCUT2D eigenvalue weighted by atomic mass is 9.83. The molecule has 5 rings (SSSR count). The van der Waals surface area contributed by atoms with Crippen LogP contribution in [-0.2, 0) is 12.8 Å². The van der Waals surface area contributed by atoms with Gasteiger partial charge in [-0.2, -0.15) is 0 Å². The van der Waals surface area contributed by atoms with Crippen LogP contribution in [-0.4, -0.2) is 55.2 Å². The number of rotatable bonds is 7. The molecule has 4 aliphatic rings. The van der Waals surface area contributed by atoms with Gasteiger partial charge >= 0.3 is 0 Å². The fraction of sp³-hybridized carbons (Fsp3) is 0.760. The third-order valence-electron chi connectivity index (χ3n) is 7.85. The highest BCUT2D eigenvalue weighted by molar-refractivity contribution is 5.37. The van der Waals surface area contributed by atoms with E-state index in [1.807, 2.05) is 0 Å². The van der Waals surface area contributed by atoms with Crippen LogP contribution in [0.4, 0.5) is 0 Å². The van der Waals surface area contributed by atoms with Crippen LogP contribution in [0.15, 0.2) is 18.2 Å². The molecule has 0 radical (unpaired) electrons. The summed E-state index contributed by atoms with van der Waals surface area (Å²) in [5.41, 5.74) is 3.12. The van der Waals surface area contributed by atoms with Crippen LogP contribution < -0.4 is 4.74 Å². The average Bonchev–Trinajstić information content (AvgIpc) is 3.32. The van der Waals surface area contributed by atoms with Crippen LogP contribution in [0.1, 0.15) is 62.5 Å². The Labute approximate surface area is 171 Å². The molecular formula is C25H38N2O. The Morgan fingerprint density at radius 3 is 2.82 bits per heavy atom. The van der Waals surface area contributed by atoms with E-state index in [2.05, 4.69) is 28.0 Å². The zero-order valence-corrected chi connectivity index (χ0v) is 17.6. The highest BCUT2D eigenvalue weighted by Crippen LogP contribution is 2.35. The van der Waals surface area contributed by atoms with E-state index < -0.39 is 0 Å². The van der Waals surface area contributed by atoms with Crippen molar-refractivity contribution in [3.8, 4) is 5.75 Å². The van der Waals surface area contributed by atoms with E-state index in [0.717, 1.165) is 36.7 Å². The summed E-state index contributed by atoms with van der Waals surface area (Å²) in [6.45, 7) is 7.41. The van der Waals surface area contributed by atoms with Crippen molar-refractivity contribution in [2.45, 2.75) is 70.3 Å². The maximum atomic E-state index is 6.14. The summed E-state index contributed by atoms with van der Waals surface area (Å²) in [6.07, 6.45) is 13.7. The second kappa shape index (κ2) is 8.75.